The third-order valence-corrected chi connectivity index (χ3v) is 4.04. The van der Waals surface area contributed by atoms with E-state index in [9.17, 15) is 4.39 Å². The van der Waals surface area contributed by atoms with Gasteiger partial charge in [-0.25, -0.2) is 13.9 Å². The Morgan fingerprint density at radius 3 is 3.11 bits per heavy atom. The van der Waals surface area contributed by atoms with Crippen LogP contribution in [0.25, 0.3) is 5.52 Å². The zero-order chi connectivity index (χ0) is 13.6. The van der Waals surface area contributed by atoms with Gasteiger partial charge in [0.2, 0.25) is 0 Å². The Balaban J connectivity index is 2.09. The van der Waals surface area contributed by atoms with Gasteiger partial charge in [0.1, 0.15) is 24.1 Å². The molecule has 3 rings (SSSR count). The number of nitrogens with two attached hydrogens (primary N) is 1. The van der Waals surface area contributed by atoms with Crippen LogP contribution < -0.4 is 5.73 Å². The van der Waals surface area contributed by atoms with Crippen molar-refractivity contribution < 1.29 is 14.2 Å². The number of aliphatic hydroxyl groups is 1. The lowest BCUT2D eigenvalue weighted by molar-refractivity contribution is -0.00199. The molecule has 3 heterocycles. The van der Waals surface area contributed by atoms with E-state index >= 15 is 0 Å². The molecule has 6 nitrogen and oxygen atoms in total. The lowest BCUT2D eigenvalue weighted by Gasteiger charge is -2.13. The van der Waals surface area contributed by atoms with E-state index in [4.69, 9.17) is 15.6 Å². The molecular weight excluding hydrogens is 366 g/mol. The van der Waals surface area contributed by atoms with Crippen molar-refractivity contribution >= 4 is 33.9 Å². The highest BCUT2D eigenvalue weighted by Gasteiger charge is 2.38. The molecule has 2 aromatic rings. The van der Waals surface area contributed by atoms with Crippen molar-refractivity contribution in [2.45, 2.75) is 24.8 Å². The summed E-state index contributed by atoms with van der Waals surface area (Å²) in [5.41, 5.74) is 7.05. The molecule has 1 aliphatic heterocycles. The number of fused-ring (bicyclic) bond motifs is 1. The molecule has 1 fully saturated rings. The quantitative estimate of drug-likeness (QED) is 0.764. The molecule has 1 saturated heterocycles. The number of alkyl halides is 1. The first-order valence-electron chi connectivity index (χ1n) is 5.79. The number of anilines is 1. The van der Waals surface area contributed by atoms with Gasteiger partial charge in [-0.15, -0.1) is 0 Å². The van der Waals surface area contributed by atoms with E-state index in [1.165, 1.54) is 6.33 Å². The van der Waals surface area contributed by atoms with Crippen LogP contribution >= 0.6 is 22.6 Å². The third-order valence-electron chi connectivity index (χ3n) is 3.21. The summed E-state index contributed by atoms with van der Waals surface area (Å²) in [6.07, 6.45) is -0.855. The molecule has 3 N–H and O–H groups in total. The number of rotatable bonds is 2. The van der Waals surface area contributed by atoms with Gasteiger partial charge in [-0.2, -0.15) is 5.10 Å². The normalized spacial score (nSPS) is 27.2. The van der Waals surface area contributed by atoms with Crippen LogP contribution in [0, 0.1) is 3.57 Å². The smallest absolute Gasteiger partial charge is 0.152 e. The predicted octanol–water partition coefficient (Wildman–Crippen LogP) is 1.08. The number of aliphatic hydroxyl groups excluding tert-OH is 1. The largest absolute Gasteiger partial charge is 0.394 e. The van der Waals surface area contributed by atoms with Crippen LogP contribution in [0.5, 0.6) is 0 Å². The van der Waals surface area contributed by atoms with Crippen molar-refractivity contribution in [3.63, 3.8) is 0 Å². The summed E-state index contributed by atoms with van der Waals surface area (Å²) < 4.78 is 21.9. The van der Waals surface area contributed by atoms with Crippen LogP contribution in [0.1, 0.15) is 18.2 Å². The number of hydrogen-bond acceptors (Lipinski definition) is 5. The molecule has 0 aromatic carbocycles. The van der Waals surface area contributed by atoms with Crippen LogP contribution in [-0.2, 0) is 4.74 Å². The standard InChI is InChI=1S/C11H12FIN4O2/c12-6-1-5(3-18)19-10(6)8-2-7(13)9-11(14)15-4-16-17(8)9/h2,4-6,10,18H,1,3H2,(H2,14,15,16)/t5-,6-,10+/m0/s1. The number of ether oxygens (including phenoxy) is 1. The van der Waals surface area contributed by atoms with Crippen molar-refractivity contribution in [1.82, 2.24) is 14.6 Å². The molecule has 0 unspecified atom stereocenters. The van der Waals surface area contributed by atoms with Gasteiger partial charge in [0.25, 0.3) is 0 Å². The first kappa shape index (κ1) is 13.0. The number of nitrogens with zero attached hydrogens (tertiary/aromatic N) is 3. The fourth-order valence-electron chi connectivity index (χ4n) is 2.34. The zero-order valence-electron chi connectivity index (χ0n) is 9.83. The van der Waals surface area contributed by atoms with E-state index in [1.807, 2.05) is 0 Å². The summed E-state index contributed by atoms with van der Waals surface area (Å²) in [5, 5.41) is 13.2. The molecular formula is C11H12FIN4O2. The molecule has 0 spiro atoms. The molecule has 0 aliphatic carbocycles. The third kappa shape index (κ3) is 2.07. The van der Waals surface area contributed by atoms with Crippen LogP contribution in [0.3, 0.4) is 0 Å². The Hall–Kier alpha value is -1.00. The van der Waals surface area contributed by atoms with E-state index in [2.05, 4.69) is 32.7 Å². The minimum Gasteiger partial charge on any atom is -0.394 e. The van der Waals surface area contributed by atoms with E-state index < -0.39 is 18.4 Å². The van der Waals surface area contributed by atoms with Gasteiger partial charge in [0, 0.05) is 9.99 Å². The van der Waals surface area contributed by atoms with Crippen molar-refractivity contribution in [1.29, 1.82) is 0 Å². The SMILES string of the molecule is Nc1ncnn2c([C@@H]3O[C@H](CO)C[C@@H]3F)cc(I)c12. The summed E-state index contributed by atoms with van der Waals surface area (Å²) in [7, 11) is 0. The van der Waals surface area contributed by atoms with Gasteiger partial charge in [-0.3, -0.25) is 0 Å². The molecule has 8 heteroatoms. The fourth-order valence-corrected chi connectivity index (χ4v) is 3.17. The van der Waals surface area contributed by atoms with Gasteiger partial charge in [-0.05, 0) is 28.7 Å². The Labute approximate surface area is 121 Å². The molecule has 0 radical (unpaired) electrons. The van der Waals surface area contributed by atoms with Crippen molar-refractivity contribution in [3.05, 3.63) is 21.7 Å². The highest BCUT2D eigenvalue weighted by atomic mass is 127. The molecule has 0 amide bonds. The van der Waals surface area contributed by atoms with Crippen LogP contribution in [0.15, 0.2) is 12.4 Å². The number of aromatic nitrogens is 3. The molecule has 102 valence electrons. The van der Waals surface area contributed by atoms with Gasteiger partial charge < -0.3 is 15.6 Å². The second kappa shape index (κ2) is 4.84. The number of halogens is 2. The molecule has 19 heavy (non-hydrogen) atoms. The second-order valence-corrected chi connectivity index (χ2v) is 5.60. The number of hydrogen-bond donors (Lipinski definition) is 2. The van der Waals surface area contributed by atoms with E-state index in [-0.39, 0.29) is 13.0 Å². The molecule has 3 atom stereocenters. The maximum absolute atomic E-state index is 14.0. The first-order chi connectivity index (χ1) is 9.11. The zero-order valence-corrected chi connectivity index (χ0v) is 12.0. The Morgan fingerprint density at radius 2 is 2.42 bits per heavy atom. The van der Waals surface area contributed by atoms with Crippen LogP contribution in [0.2, 0.25) is 0 Å². The van der Waals surface area contributed by atoms with Gasteiger partial charge in [0.15, 0.2) is 5.82 Å². The minimum absolute atomic E-state index is 0.186. The summed E-state index contributed by atoms with van der Waals surface area (Å²) in [6, 6.07) is 1.79. The average Bonchev–Trinajstić information content (AvgIpc) is 2.91. The molecule has 2 aromatic heterocycles. The predicted molar refractivity (Wildman–Crippen MR) is 74.3 cm³/mol. The molecule has 0 bridgehead atoms. The fraction of sp³-hybridized carbons (Fsp3) is 0.455. The van der Waals surface area contributed by atoms with Crippen molar-refractivity contribution in [2.24, 2.45) is 0 Å². The van der Waals surface area contributed by atoms with Gasteiger partial charge >= 0.3 is 0 Å². The summed E-state index contributed by atoms with van der Waals surface area (Å²) in [6.45, 7) is -0.186. The van der Waals surface area contributed by atoms with Gasteiger partial charge in [-0.1, -0.05) is 0 Å². The summed E-state index contributed by atoms with van der Waals surface area (Å²) >= 11 is 2.10. The summed E-state index contributed by atoms with van der Waals surface area (Å²) in [4.78, 5) is 3.92. The Morgan fingerprint density at radius 1 is 1.63 bits per heavy atom. The first-order valence-corrected chi connectivity index (χ1v) is 6.87. The Kier molecular flexibility index (Phi) is 3.31. The maximum atomic E-state index is 14.0. The van der Waals surface area contributed by atoms with Crippen molar-refractivity contribution in [3.8, 4) is 0 Å². The Bertz CT molecular complexity index is 620. The van der Waals surface area contributed by atoms with Gasteiger partial charge in [0.05, 0.1) is 18.4 Å². The maximum Gasteiger partial charge on any atom is 0.152 e. The monoisotopic (exact) mass is 378 g/mol. The van der Waals surface area contributed by atoms with Crippen LogP contribution in [-0.4, -0.2) is 38.6 Å². The highest BCUT2D eigenvalue weighted by molar-refractivity contribution is 14.1. The molecule has 1 aliphatic rings. The van der Waals surface area contributed by atoms with Crippen LogP contribution in [0.4, 0.5) is 10.2 Å². The lowest BCUT2D eigenvalue weighted by atomic mass is 10.1. The minimum atomic E-state index is -1.16. The summed E-state index contributed by atoms with van der Waals surface area (Å²) in [5.74, 6) is 0.345. The van der Waals surface area contributed by atoms with E-state index in [1.54, 1.807) is 10.6 Å². The molecule has 0 saturated carbocycles. The second-order valence-electron chi connectivity index (χ2n) is 4.44. The number of nitrogen functional groups attached to an aromatic ring is 1. The van der Waals surface area contributed by atoms with Crippen molar-refractivity contribution in [2.75, 3.05) is 12.3 Å². The highest BCUT2D eigenvalue weighted by Crippen LogP contribution is 2.37. The average molecular weight is 378 g/mol. The van der Waals surface area contributed by atoms with E-state index in [0.717, 1.165) is 3.57 Å². The van der Waals surface area contributed by atoms with E-state index in [0.29, 0.717) is 17.0 Å². The topological polar surface area (TPSA) is 85.7 Å². The lowest BCUT2D eigenvalue weighted by Crippen LogP contribution is -2.13.